The van der Waals surface area contributed by atoms with Crippen LogP contribution in [-0.4, -0.2) is 64.4 Å². The second kappa shape index (κ2) is 8.96. The highest BCUT2D eigenvalue weighted by Crippen LogP contribution is 2.39. The first-order valence-corrected chi connectivity index (χ1v) is 11.1. The molecule has 1 fully saturated rings. The molecule has 0 aliphatic carbocycles. The number of phosphoric ester groups is 1. The summed E-state index contributed by atoms with van der Waals surface area (Å²) >= 11 is 5.80. The molecule has 4 rings (SSSR count). The number of anilines is 1. The molecule has 1 aliphatic rings. The number of aliphatic hydroxyl groups excluding tert-OH is 2. The van der Waals surface area contributed by atoms with Crippen LogP contribution >= 0.6 is 19.4 Å². The number of rotatable bonds is 7. The molecule has 0 saturated carbocycles. The van der Waals surface area contributed by atoms with Crippen LogP contribution in [0.1, 0.15) is 11.8 Å². The summed E-state index contributed by atoms with van der Waals surface area (Å²) in [6.07, 6.45) is -2.66. The highest BCUT2D eigenvalue weighted by molar-refractivity contribution is 7.46. The van der Waals surface area contributed by atoms with E-state index in [1.54, 1.807) is 6.07 Å². The minimum atomic E-state index is -4.78. The van der Waals surface area contributed by atoms with E-state index in [1.165, 1.54) is 29.4 Å². The molecule has 0 amide bonds. The number of hydrogen-bond acceptors (Lipinski definition) is 9. The molecule has 0 bridgehead atoms. The average Bonchev–Trinajstić information content (AvgIpc) is 3.29. The Labute approximate surface area is 184 Å². The van der Waals surface area contributed by atoms with E-state index >= 15 is 0 Å². The summed E-state index contributed by atoms with van der Waals surface area (Å²) in [6.45, 7) is -0.365. The maximum atomic E-state index is 13.3. The van der Waals surface area contributed by atoms with Gasteiger partial charge in [0.25, 0.3) is 0 Å². The van der Waals surface area contributed by atoms with Crippen molar-refractivity contribution in [3.05, 3.63) is 47.3 Å². The standard InChI is InChI=1S/C17H18ClFN5O7P/c18-9-3-8(1-2-10(9)19)4-20-15-12-16(22-6-21-15)24(7-23-12)17-14(26)13(25)11(31-17)5-30-32(27,28)29/h1-3,6-7,11,13-14,17,25-26H,4-5H2,(H,20,21,22)(H2,27,28,29)/t11-,13-,14-,17-/m1/s1. The molecule has 0 radical (unpaired) electrons. The maximum Gasteiger partial charge on any atom is 0.469 e. The van der Waals surface area contributed by atoms with E-state index in [1.807, 2.05) is 0 Å². The second-order valence-corrected chi connectivity index (χ2v) is 8.63. The van der Waals surface area contributed by atoms with Crippen molar-refractivity contribution < 1.29 is 38.2 Å². The summed E-state index contributed by atoms with van der Waals surface area (Å²) in [6, 6.07) is 4.29. The quantitative estimate of drug-likeness (QED) is 0.299. The van der Waals surface area contributed by atoms with Crippen molar-refractivity contribution >= 4 is 36.4 Å². The molecule has 32 heavy (non-hydrogen) atoms. The molecular formula is C17H18ClFN5O7P. The van der Waals surface area contributed by atoms with Gasteiger partial charge in [-0.15, -0.1) is 0 Å². The number of nitrogens with one attached hydrogen (secondary N) is 1. The van der Waals surface area contributed by atoms with Crippen LogP contribution in [0.2, 0.25) is 5.02 Å². The predicted octanol–water partition coefficient (Wildman–Crippen LogP) is 0.959. The van der Waals surface area contributed by atoms with Gasteiger partial charge in [-0.25, -0.2) is 23.9 Å². The van der Waals surface area contributed by atoms with Gasteiger partial charge in [-0.1, -0.05) is 17.7 Å². The van der Waals surface area contributed by atoms with E-state index in [4.69, 9.17) is 26.1 Å². The molecule has 172 valence electrons. The van der Waals surface area contributed by atoms with Crippen LogP contribution in [0.5, 0.6) is 0 Å². The highest BCUT2D eigenvalue weighted by atomic mass is 35.5. The van der Waals surface area contributed by atoms with E-state index in [9.17, 15) is 19.2 Å². The lowest BCUT2D eigenvalue weighted by Gasteiger charge is -2.16. The number of halogens is 2. The van der Waals surface area contributed by atoms with Gasteiger partial charge in [0, 0.05) is 6.54 Å². The predicted molar refractivity (Wildman–Crippen MR) is 108 cm³/mol. The number of phosphoric acid groups is 1. The smallest absolute Gasteiger partial charge is 0.387 e. The lowest BCUT2D eigenvalue weighted by molar-refractivity contribution is -0.0504. The van der Waals surface area contributed by atoms with Crippen molar-refractivity contribution in [1.29, 1.82) is 0 Å². The Kier molecular flexibility index (Phi) is 6.43. The Hall–Kier alpha value is -2.22. The molecule has 0 unspecified atom stereocenters. The first-order chi connectivity index (χ1) is 15.1. The van der Waals surface area contributed by atoms with Crippen LogP contribution in [-0.2, 0) is 20.4 Å². The summed E-state index contributed by atoms with van der Waals surface area (Å²) in [4.78, 5) is 30.2. The third-order valence-corrected chi connectivity index (χ3v) is 5.60. The second-order valence-electron chi connectivity index (χ2n) is 6.98. The normalized spacial score (nSPS) is 23.7. The van der Waals surface area contributed by atoms with Crippen molar-refractivity contribution in [2.75, 3.05) is 11.9 Å². The molecule has 12 nitrogen and oxygen atoms in total. The first kappa shape index (κ1) is 23.0. The van der Waals surface area contributed by atoms with Crippen LogP contribution in [0.15, 0.2) is 30.9 Å². The Balaban J connectivity index is 1.53. The van der Waals surface area contributed by atoms with E-state index < -0.39 is 44.8 Å². The highest BCUT2D eigenvalue weighted by Gasteiger charge is 2.45. The fourth-order valence-corrected chi connectivity index (χ4v) is 3.81. The SMILES string of the molecule is O=P(O)(O)OC[C@H]1O[C@@H](n2cnc3c(NCc4ccc(F)c(Cl)c4)ncnc32)[C@H](O)[C@@H]1O. The molecule has 2 aromatic heterocycles. The van der Waals surface area contributed by atoms with Crippen LogP contribution in [0.4, 0.5) is 10.2 Å². The molecule has 3 aromatic rings. The maximum absolute atomic E-state index is 13.3. The van der Waals surface area contributed by atoms with Crippen molar-refractivity contribution in [2.45, 2.75) is 31.1 Å². The average molecular weight is 490 g/mol. The minimum absolute atomic E-state index is 0.00961. The summed E-state index contributed by atoms with van der Waals surface area (Å²) in [5, 5.41) is 23.6. The summed E-state index contributed by atoms with van der Waals surface area (Å²) in [5.41, 5.74) is 1.31. The number of hydrogen-bond donors (Lipinski definition) is 5. The van der Waals surface area contributed by atoms with Gasteiger partial charge in [-0.2, -0.15) is 0 Å². The topological polar surface area (TPSA) is 172 Å². The number of nitrogens with zero attached hydrogens (tertiary/aromatic N) is 4. The van der Waals surface area contributed by atoms with Gasteiger partial charge in [-0.05, 0) is 17.7 Å². The van der Waals surface area contributed by atoms with Crippen LogP contribution in [0.25, 0.3) is 11.2 Å². The number of imidazole rings is 1. The van der Waals surface area contributed by atoms with Crippen LogP contribution < -0.4 is 5.32 Å². The Morgan fingerprint density at radius 2 is 2.03 bits per heavy atom. The molecule has 4 atom stereocenters. The molecular weight excluding hydrogens is 472 g/mol. The van der Waals surface area contributed by atoms with Gasteiger partial charge >= 0.3 is 7.82 Å². The molecule has 1 aliphatic heterocycles. The zero-order valence-electron chi connectivity index (χ0n) is 16.1. The molecule has 1 aromatic carbocycles. The van der Waals surface area contributed by atoms with Crippen molar-refractivity contribution in [2.24, 2.45) is 0 Å². The van der Waals surface area contributed by atoms with Crippen molar-refractivity contribution in [3.63, 3.8) is 0 Å². The molecule has 0 spiro atoms. The van der Waals surface area contributed by atoms with E-state index in [-0.39, 0.29) is 17.2 Å². The zero-order valence-corrected chi connectivity index (χ0v) is 17.8. The molecule has 5 N–H and O–H groups in total. The number of ether oxygens (including phenoxy) is 1. The van der Waals surface area contributed by atoms with E-state index in [2.05, 4.69) is 24.8 Å². The Morgan fingerprint density at radius 3 is 2.75 bits per heavy atom. The number of benzene rings is 1. The van der Waals surface area contributed by atoms with Crippen molar-refractivity contribution in [1.82, 2.24) is 19.5 Å². The number of fused-ring (bicyclic) bond motifs is 1. The molecule has 15 heteroatoms. The van der Waals surface area contributed by atoms with E-state index in [0.29, 0.717) is 16.9 Å². The Bertz CT molecular complexity index is 1180. The fourth-order valence-electron chi connectivity index (χ4n) is 3.27. The number of aliphatic hydroxyl groups is 2. The lowest BCUT2D eigenvalue weighted by atomic mass is 10.1. The monoisotopic (exact) mass is 489 g/mol. The van der Waals surface area contributed by atoms with Gasteiger partial charge < -0.3 is 30.1 Å². The first-order valence-electron chi connectivity index (χ1n) is 9.21. The van der Waals surface area contributed by atoms with Gasteiger partial charge in [-0.3, -0.25) is 9.09 Å². The lowest BCUT2D eigenvalue weighted by Crippen LogP contribution is -2.33. The third kappa shape index (κ3) is 4.75. The third-order valence-electron chi connectivity index (χ3n) is 4.82. The summed E-state index contributed by atoms with van der Waals surface area (Å²) in [7, 11) is -4.78. The molecule has 1 saturated heterocycles. The van der Waals surface area contributed by atoms with Gasteiger partial charge in [0.1, 0.15) is 30.5 Å². The Morgan fingerprint density at radius 1 is 1.25 bits per heavy atom. The number of aromatic nitrogens is 4. The van der Waals surface area contributed by atoms with Gasteiger partial charge in [0.15, 0.2) is 23.2 Å². The van der Waals surface area contributed by atoms with Gasteiger partial charge in [0.05, 0.1) is 18.0 Å². The van der Waals surface area contributed by atoms with Gasteiger partial charge in [0.2, 0.25) is 0 Å². The largest absolute Gasteiger partial charge is 0.469 e. The molecule has 3 heterocycles. The zero-order chi connectivity index (χ0) is 23.0. The minimum Gasteiger partial charge on any atom is -0.387 e. The fraction of sp³-hybridized carbons (Fsp3) is 0.353. The van der Waals surface area contributed by atoms with E-state index in [0.717, 1.165) is 0 Å². The van der Waals surface area contributed by atoms with Crippen LogP contribution in [0.3, 0.4) is 0 Å². The van der Waals surface area contributed by atoms with Crippen LogP contribution in [0, 0.1) is 5.82 Å². The summed E-state index contributed by atoms with van der Waals surface area (Å²) in [5.74, 6) is -0.177. The van der Waals surface area contributed by atoms with Crippen molar-refractivity contribution in [3.8, 4) is 0 Å². The summed E-state index contributed by atoms with van der Waals surface area (Å²) < 4.78 is 35.5.